The highest BCUT2D eigenvalue weighted by Gasteiger charge is 2.28. The van der Waals surface area contributed by atoms with Gasteiger partial charge < -0.3 is 20.3 Å². The van der Waals surface area contributed by atoms with E-state index in [0.717, 1.165) is 30.6 Å². The van der Waals surface area contributed by atoms with Gasteiger partial charge in [-0.25, -0.2) is 4.79 Å². The van der Waals surface area contributed by atoms with E-state index in [4.69, 9.17) is 4.74 Å². The van der Waals surface area contributed by atoms with Crippen LogP contribution in [0.15, 0.2) is 48.5 Å². The van der Waals surface area contributed by atoms with Crippen LogP contribution in [0.2, 0.25) is 0 Å². The molecule has 2 N–H and O–H groups in total. The van der Waals surface area contributed by atoms with Crippen LogP contribution in [0.25, 0.3) is 0 Å². The highest BCUT2D eigenvalue weighted by molar-refractivity contribution is 5.93. The fourth-order valence-electron chi connectivity index (χ4n) is 4.14. The molecule has 3 amide bonds. The van der Waals surface area contributed by atoms with Crippen molar-refractivity contribution in [2.45, 2.75) is 32.1 Å². The number of piperidine rings is 1. The maximum atomic E-state index is 12.4. The molecule has 2 aromatic rings. The number of nitrogens with one attached hydrogen (secondary N) is 2. The van der Waals surface area contributed by atoms with Crippen LogP contribution in [0.3, 0.4) is 0 Å². The number of ether oxygens (including phenoxy) is 1. The molecule has 0 bridgehead atoms. The summed E-state index contributed by atoms with van der Waals surface area (Å²) in [6.07, 6.45) is 4.32. The van der Waals surface area contributed by atoms with E-state index in [1.807, 2.05) is 48.5 Å². The van der Waals surface area contributed by atoms with Gasteiger partial charge in [-0.2, -0.15) is 0 Å². The fraction of sp³-hybridized carbons (Fsp3) is 0.375. The second kappa shape index (κ2) is 9.64. The van der Waals surface area contributed by atoms with Gasteiger partial charge in [-0.15, -0.1) is 0 Å². The number of likely N-dealkylation sites (tertiary alicyclic amines) is 1. The molecule has 2 aliphatic rings. The Bertz CT molecular complexity index is 953. The molecule has 162 valence electrons. The van der Waals surface area contributed by atoms with Crippen LogP contribution in [0, 0.1) is 5.92 Å². The van der Waals surface area contributed by atoms with Crippen LogP contribution in [0.1, 0.15) is 30.4 Å². The van der Waals surface area contributed by atoms with Crippen molar-refractivity contribution in [3.63, 3.8) is 0 Å². The van der Waals surface area contributed by atoms with Gasteiger partial charge in [-0.3, -0.25) is 9.59 Å². The first kappa shape index (κ1) is 20.9. The second-order valence-electron chi connectivity index (χ2n) is 8.05. The lowest BCUT2D eigenvalue weighted by Crippen LogP contribution is -2.43. The monoisotopic (exact) mass is 421 g/mol. The third kappa shape index (κ3) is 5.42. The van der Waals surface area contributed by atoms with Crippen molar-refractivity contribution in [3.8, 4) is 0 Å². The molecule has 1 fully saturated rings. The summed E-state index contributed by atoms with van der Waals surface area (Å²) < 4.78 is 5.23. The number of carbonyl (C=O) groups excluding carboxylic acids is 3. The molecule has 2 aromatic carbocycles. The highest BCUT2D eigenvalue weighted by atomic mass is 16.5. The summed E-state index contributed by atoms with van der Waals surface area (Å²) in [4.78, 5) is 38.6. The van der Waals surface area contributed by atoms with Crippen molar-refractivity contribution >= 4 is 29.3 Å². The predicted molar refractivity (Wildman–Crippen MR) is 118 cm³/mol. The third-order valence-corrected chi connectivity index (χ3v) is 5.87. The van der Waals surface area contributed by atoms with E-state index in [9.17, 15) is 14.4 Å². The molecule has 1 aliphatic carbocycles. The lowest BCUT2D eigenvalue weighted by Gasteiger charge is -2.30. The van der Waals surface area contributed by atoms with Gasteiger partial charge in [-0.1, -0.05) is 24.3 Å². The predicted octanol–water partition coefficient (Wildman–Crippen LogP) is 3.60. The van der Waals surface area contributed by atoms with E-state index >= 15 is 0 Å². The van der Waals surface area contributed by atoms with Crippen LogP contribution in [0.4, 0.5) is 16.2 Å². The molecule has 1 heterocycles. The molecule has 31 heavy (non-hydrogen) atoms. The number of esters is 1. The van der Waals surface area contributed by atoms with Crippen LogP contribution in [-0.2, 0) is 27.2 Å². The molecule has 7 nitrogen and oxygen atoms in total. The molecule has 0 saturated carbocycles. The Kier molecular flexibility index (Phi) is 6.50. The summed E-state index contributed by atoms with van der Waals surface area (Å²) in [6, 6.07) is 15.0. The molecular weight excluding hydrogens is 394 g/mol. The zero-order valence-electron chi connectivity index (χ0n) is 17.4. The Morgan fingerprint density at radius 1 is 0.903 bits per heavy atom. The summed E-state index contributed by atoms with van der Waals surface area (Å²) in [5, 5.41) is 5.65. The first-order valence-corrected chi connectivity index (χ1v) is 10.8. The Labute approximate surface area is 181 Å². The lowest BCUT2D eigenvalue weighted by atomic mass is 9.97. The van der Waals surface area contributed by atoms with E-state index in [-0.39, 0.29) is 30.4 Å². The van der Waals surface area contributed by atoms with Crippen molar-refractivity contribution in [1.29, 1.82) is 0 Å². The van der Waals surface area contributed by atoms with Crippen LogP contribution in [-0.4, -0.2) is 42.5 Å². The Balaban J connectivity index is 1.18. The lowest BCUT2D eigenvalue weighted by molar-refractivity contribution is -0.152. The molecule has 0 atom stereocenters. The van der Waals surface area contributed by atoms with Crippen molar-refractivity contribution in [1.82, 2.24) is 4.90 Å². The van der Waals surface area contributed by atoms with Gasteiger partial charge in [0, 0.05) is 24.5 Å². The quantitative estimate of drug-likeness (QED) is 0.722. The number of fused-ring (bicyclic) bond motifs is 1. The zero-order chi connectivity index (χ0) is 21.6. The number of rotatable bonds is 5. The first-order chi connectivity index (χ1) is 15.1. The summed E-state index contributed by atoms with van der Waals surface area (Å²) in [5.74, 6) is -1.02. The number of amides is 3. The zero-order valence-corrected chi connectivity index (χ0v) is 17.4. The number of aryl methyl sites for hydroxylation is 2. The van der Waals surface area contributed by atoms with Crippen molar-refractivity contribution < 1.29 is 19.1 Å². The number of anilines is 2. The summed E-state index contributed by atoms with van der Waals surface area (Å²) in [7, 11) is 0. The van der Waals surface area contributed by atoms with Crippen molar-refractivity contribution in [2.24, 2.45) is 5.92 Å². The number of carbonyl (C=O) groups is 3. The van der Waals surface area contributed by atoms with E-state index in [2.05, 4.69) is 10.6 Å². The minimum atomic E-state index is -0.382. The Morgan fingerprint density at radius 2 is 1.65 bits per heavy atom. The third-order valence-electron chi connectivity index (χ3n) is 5.87. The highest BCUT2D eigenvalue weighted by Crippen LogP contribution is 2.25. The molecule has 0 spiro atoms. The Morgan fingerprint density at radius 3 is 2.42 bits per heavy atom. The van der Waals surface area contributed by atoms with Crippen LogP contribution in [0.5, 0.6) is 0 Å². The first-order valence-electron chi connectivity index (χ1n) is 10.8. The van der Waals surface area contributed by atoms with Crippen molar-refractivity contribution in [2.75, 3.05) is 30.3 Å². The van der Waals surface area contributed by atoms with E-state index in [1.54, 1.807) is 4.90 Å². The summed E-state index contributed by atoms with van der Waals surface area (Å²) in [5.41, 5.74) is 4.09. The normalized spacial score (nSPS) is 15.8. The number of hydrogen-bond donors (Lipinski definition) is 2. The average Bonchev–Trinajstić information content (AvgIpc) is 3.26. The van der Waals surface area contributed by atoms with E-state index in [0.29, 0.717) is 25.9 Å². The smallest absolute Gasteiger partial charge is 0.321 e. The number of nitrogens with zero attached hydrogens (tertiary/aromatic N) is 1. The van der Waals surface area contributed by atoms with Gasteiger partial charge in [0.1, 0.15) is 0 Å². The van der Waals surface area contributed by atoms with Crippen LogP contribution < -0.4 is 10.6 Å². The molecule has 4 rings (SSSR count). The van der Waals surface area contributed by atoms with Crippen LogP contribution >= 0.6 is 0 Å². The Hall–Kier alpha value is -3.35. The number of hydrogen-bond acceptors (Lipinski definition) is 4. The number of urea groups is 1. The number of benzene rings is 2. The summed E-state index contributed by atoms with van der Waals surface area (Å²) in [6.45, 7) is 0.643. The SMILES string of the molecule is O=C(COC(=O)C1CCN(C(=O)Nc2ccccc2)CC1)Nc1ccc2c(c1)CCC2. The molecule has 0 unspecified atom stereocenters. The van der Waals surface area contributed by atoms with Gasteiger partial charge in [0.2, 0.25) is 0 Å². The number of para-hydroxylation sites is 1. The molecular formula is C24H27N3O4. The molecule has 0 radical (unpaired) electrons. The summed E-state index contributed by atoms with van der Waals surface area (Å²) >= 11 is 0. The molecule has 7 heteroatoms. The maximum Gasteiger partial charge on any atom is 0.321 e. The average molecular weight is 421 g/mol. The topological polar surface area (TPSA) is 87.7 Å². The van der Waals surface area contributed by atoms with Gasteiger partial charge in [0.15, 0.2) is 6.61 Å². The van der Waals surface area contributed by atoms with E-state index < -0.39 is 0 Å². The van der Waals surface area contributed by atoms with Crippen molar-refractivity contribution in [3.05, 3.63) is 59.7 Å². The van der Waals surface area contributed by atoms with Gasteiger partial charge in [0.05, 0.1) is 5.92 Å². The minimum Gasteiger partial charge on any atom is -0.455 e. The van der Waals surface area contributed by atoms with Gasteiger partial charge >= 0.3 is 12.0 Å². The fourth-order valence-corrected chi connectivity index (χ4v) is 4.14. The largest absolute Gasteiger partial charge is 0.455 e. The second-order valence-corrected chi connectivity index (χ2v) is 8.05. The maximum absolute atomic E-state index is 12.4. The molecule has 1 aliphatic heterocycles. The van der Waals surface area contributed by atoms with Gasteiger partial charge in [0.25, 0.3) is 5.91 Å². The van der Waals surface area contributed by atoms with E-state index in [1.165, 1.54) is 11.1 Å². The minimum absolute atomic E-state index is 0.174. The molecule has 1 saturated heterocycles. The molecule has 0 aromatic heterocycles. The standard InChI is InChI=1S/C24H27N3O4/c28-22(25-21-10-9-17-5-4-6-19(17)15-21)16-31-23(29)18-11-13-27(14-12-18)24(30)26-20-7-2-1-3-8-20/h1-3,7-10,15,18H,4-6,11-14,16H2,(H,25,28)(H,26,30). The van der Waals surface area contributed by atoms with Gasteiger partial charge in [-0.05, 0) is 67.5 Å².